The van der Waals surface area contributed by atoms with E-state index in [1.165, 1.54) is 26.2 Å². The van der Waals surface area contributed by atoms with Gasteiger partial charge in [-0.3, -0.25) is 4.98 Å². The molecule has 11 heteroatoms. The van der Waals surface area contributed by atoms with Crippen LogP contribution in [-0.2, 0) is 15.6 Å². The maximum Gasteiger partial charge on any atom is 0.239 e. The predicted octanol–water partition coefficient (Wildman–Crippen LogP) is 3.40. The monoisotopic (exact) mass is 488 g/mol. The summed E-state index contributed by atoms with van der Waals surface area (Å²) in [6.07, 6.45) is 2.36. The molecule has 2 aromatic rings. The Kier molecular flexibility index (Phi) is 5.48. The van der Waals surface area contributed by atoms with Gasteiger partial charge in [-0.2, -0.15) is 0 Å². The molecular formula is C18H16BrF3N4O2S. The molecule has 1 aliphatic rings. The topological polar surface area (TPSA) is 88.7 Å². The van der Waals surface area contributed by atoms with Gasteiger partial charge in [-0.15, -0.1) is 0 Å². The molecule has 0 aliphatic carbocycles. The second kappa shape index (κ2) is 7.45. The molecule has 2 N–H and O–H groups in total. The zero-order chi connectivity index (χ0) is 21.6. The zero-order valence-corrected chi connectivity index (χ0v) is 17.7. The Morgan fingerprint density at radius 3 is 2.62 bits per heavy atom. The molecule has 0 spiro atoms. The van der Waals surface area contributed by atoms with E-state index in [1.54, 1.807) is 6.07 Å². The van der Waals surface area contributed by atoms with Gasteiger partial charge in [0.15, 0.2) is 11.6 Å². The van der Waals surface area contributed by atoms with Crippen molar-refractivity contribution in [2.75, 3.05) is 12.8 Å². The van der Waals surface area contributed by atoms with Crippen LogP contribution in [0.4, 0.5) is 13.2 Å². The molecule has 0 amide bonds. The van der Waals surface area contributed by atoms with Crippen molar-refractivity contribution in [3.05, 3.63) is 63.4 Å². The van der Waals surface area contributed by atoms with Crippen LogP contribution in [0.5, 0.6) is 0 Å². The van der Waals surface area contributed by atoms with Crippen LogP contribution in [0.3, 0.4) is 0 Å². The van der Waals surface area contributed by atoms with Crippen molar-refractivity contribution in [3.63, 3.8) is 0 Å². The Hall–Kier alpha value is -2.40. The van der Waals surface area contributed by atoms with Crippen LogP contribution in [-0.4, -0.2) is 36.5 Å². The van der Waals surface area contributed by atoms with Crippen molar-refractivity contribution < 1.29 is 21.6 Å². The molecular weight excluding hydrogens is 473 g/mol. The van der Waals surface area contributed by atoms with Crippen molar-refractivity contribution in [3.8, 4) is 0 Å². The molecule has 2 heterocycles. The molecule has 1 unspecified atom stereocenters. The highest BCUT2D eigenvalue weighted by molar-refractivity contribution is 9.10. The Morgan fingerprint density at radius 1 is 1.34 bits per heavy atom. The van der Waals surface area contributed by atoms with E-state index in [-0.39, 0.29) is 22.8 Å². The average molecular weight is 489 g/mol. The van der Waals surface area contributed by atoms with E-state index in [9.17, 15) is 21.6 Å². The van der Waals surface area contributed by atoms with Gasteiger partial charge in [0.1, 0.15) is 11.4 Å². The minimum absolute atomic E-state index is 0.00479. The smallest absolute Gasteiger partial charge is 0.239 e. The second-order valence-electron chi connectivity index (χ2n) is 6.69. The Morgan fingerprint density at radius 2 is 2.03 bits per heavy atom. The minimum atomic E-state index is -3.89. The first kappa shape index (κ1) is 21.3. The third-order valence-corrected chi connectivity index (χ3v) is 6.88. The molecule has 1 aromatic carbocycles. The zero-order valence-electron chi connectivity index (χ0n) is 15.3. The first-order valence-corrected chi connectivity index (χ1v) is 10.6. The lowest BCUT2D eigenvalue weighted by molar-refractivity contribution is 0.435. The molecule has 0 fully saturated rings. The standard InChI is InChI=1S/C18H16BrF3N4O2S/c1-18(9-29(27,28)26(2)17(23)25-18)12-5-10(7-14(21)16(12)22)6-13(20)15-4-3-11(19)8-24-15/h3-8H,9H2,1-2H3,(H2,23,25). The quantitative estimate of drug-likeness (QED) is 0.716. The number of rotatable bonds is 3. The van der Waals surface area contributed by atoms with Gasteiger partial charge in [0, 0.05) is 23.3 Å². The number of pyridine rings is 1. The molecule has 1 atom stereocenters. The molecule has 6 nitrogen and oxygen atoms in total. The highest BCUT2D eigenvalue weighted by atomic mass is 79.9. The van der Waals surface area contributed by atoms with Crippen LogP contribution in [0.1, 0.15) is 23.7 Å². The minimum Gasteiger partial charge on any atom is -0.369 e. The molecule has 29 heavy (non-hydrogen) atoms. The van der Waals surface area contributed by atoms with E-state index in [0.29, 0.717) is 4.47 Å². The van der Waals surface area contributed by atoms with E-state index >= 15 is 0 Å². The van der Waals surface area contributed by atoms with Gasteiger partial charge in [0.2, 0.25) is 16.0 Å². The number of hydrogen-bond donors (Lipinski definition) is 1. The molecule has 0 bridgehead atoms. The van der Waals surface area contributed by atoms with E-state index in [0.717, 1.165) is 22.5 Å². The van der Waals surface area contributed by atoms with Gasteiger partial charge in [-0.25, -0.2) is 30.9 Å². The van der Waals surface area contributed by atoms with Gasteiger partial charge in [-0.1, -0.05) is 0 Å². The first-order chi connectivity index (χ1) is 13.4. The number of nitrogens with two attached hydrogens (primary N) is 1. The van der Waals surface area contributed by atoms with Crippen LogP contribution < -0.4 is 5.73 Å². The van der Waals surface area contributed by atoms with Crippen LogP contribution in [0.15, 0.2) is 39.9 Å². The summed E-state index contributed by atoms with van der Waals surface area (Å²) in [6, 6.07) is 4.94. The summed E-state index contributed by atoms with van der Waals surface area (Å²) in [6.45, 7) is 1.32. The molecule has 0 saturated carbocycles. The molecule has 3 rings (SSSR count). The first-order valence-electron chi connectivity index (χ1n) is 8.23. The molecule has 1 aliphatic heterocycles. The predicted molar refractivity (Wildman–Crippen MR) is 108 cm³/mol. The van der Waals surface area contributed by atoms with E-state index < -0.39 is 38.8 Å². The third-order valence-electron chi connectivity index (χ3n) is 4.46. The number of sulfonamides is 1. The van der Waals surface area contributed by atoms with Crippen molar-refractivity contribution in [2.24, 2.45) is 10.7 Å². The highest BCUT2D eigenvalue weighted by Crippen LogP contribution is 2.35. The number of aromatic nitrogens is 1. The molecule has 0 saturated heterocycles. The number of nitrogens with zero attached hydrogens (tertiary/aromatic N) is 3. The normalized spacial score (nSPS) is 21.8. The summed E-state index contributed by atoms with van der Waals surface area (Å²) < 4.78 is 69.4. The van der Waals surface area contributed by atoms with Gasteiger partial charge in [0.25, 0.3) is 0 Å². The van der Waals surface area contributed by atoms with Gasteiger partial charge in [-0.05, 0) is 58.8 Å². The lowest BCUT2D eigenvalue weighted by atomic mass is 9.92. The Labute approximate surface area is 174 Å². The number of benzene rings is 1. The number of hydrogen-bond acceptors (Lipinski definition) is 5. The lowest BCUT2D eigenvalue weighted by Gasteiger charge is -2.34. The number of halogens is 4. The summed E-state index contributed by atoms with van der Waals surface area (Å²) in [5, 5.41) is 0. The summed E-state index contributed by atoms with van der Waals surface area (Å²) in [4.78, 5) is 7.95. The van der Waals surface area contributed by atoms with Crippen molar-refractivity contribution >= 4 is 43.8 Å². The van der Waals surface area contributed by atoms with Crippen LogP contribution in [0.25, 0.3) is 11.9 Å². The fourth-order valence-corrected chi connectivity index (χ4v) is 4.60. The van der Waals surface area contributed by atoms with E-state index in [2.05, 4.69) is 25.9 Å². The van der Waals surface area contributed by atoms with Crippen molar-refractivity contribution in [1.82, 2.24) is 9.29 Å². The van der Waals surface area contributed by atoms with Crippen molar-refractivity contribution in [2.45, 2.75) is 12.5 Å². The maximum atomic E-state index is 14.6. The summed E-state index contributed by atoms with van der Waals surface area (Å²) in [7, 11) is -2.68. The van der Waals surface area contributed by atoms with Gasteiger partial charge < -0.3 is 5.73 Å². The van der Waals surface area contributed by atoms with Crippen LogP contribution in [0, 0.1) is 11.6 Å². The maximum absolute atomic E-state index is 14.6. The van der Waals surface area contributed by atoms with E-state index in [4.69, 9.17) is 5.73 Å². The summed E-state index contributed by atoms with van der Waals surface area (Å²) in [5.74, 6) is -4.31. The van der Waals surface area contributed by atoms with E-state index in [1.807, 2.05) is 0 Å². The second-order valence-corrected chi connectivity index (χ2v) is 9.60. The van der Waals surface area contributed by atoms with Gasteiger partial charge in [0.05, 0.1) is 11.4 Å². The van der Waals surface area contributed by atoms with Crippen molar-refractivity contribution in [1.29, 1.82) is 0 Å². The lowest BCUT2D eigenvalue weighted by Crippen LogP contribution is -2.50. The molecule has 0 radical (unpaired) electrons. The summed E-state index contributed by atoms with van der Waals surface area (Å²) in [5.41, 5.74) is 3.60. The number of guanidine groups is 1. The third kappa shape index (κ3) is 4.15. The Bertz CT molecular complexity index is 1140. The summed E-state index contributed by atoms with van der Waals surface area (Å²) >= 11 is 3.19. The van der Waals surface area contributed by atoms with Crippen LogP contribution >= 0.6 is 15.9 Å². The van der Waals surface area contributed by atoms with Crippen LogP contribution in [0.2, 0.25) is 0 Å². The van der Waals surface area contributed by atoms with Gasteiger partial charge >= 0.3 is 0 Å². The average Bonchev–Trinajstić information content (AvgIpc) is 2.62. The highest BCUT2D eigenvalue weighted by Gasteiger charge is 2.42. The molecule has 1 aromatic heterocycles. The Balaban J connectivity index is 2.11. The SMILES string of the molecule is CN1C(N)=NC(C)(c2cc(C=C(F)c3ccc(Br)cn3)cc(F)c2F)CS1(=O)=O. The number of aliphatic imine (C=N–C) groups is 1. The molecule has 154 valence electrons. The largest absolute Gasteiger partial charge is 0.369 e. The fraction of sp³-hybridized carbons (Fsp3) is 0.222. The fourth-order valence-electron chi connectivity index (χ4n) is 2.91.